The summed E-state index contributed by atoms with van der Waals surface area (Å²) in [4.78, 5) is 22.9. The van der Waals surface area contributed by atoms with Crippen LogP contribution in [0.15, 0.2) is 24.3 Å². The normalized spacial score (nSPS) is 11.8. The summed E-state index contributed by atoms with van der Waals surface area (Å²) in [6.07, 6.45) is 9.06. The molecule has 4 N–H and O–H groups in total. The summed E-state index contributed by atoms with van der Waals surface area (Å²) in [7, 11) is 0. The molecule has 0 heterocycles. The molecule has 1 atom stereocenters. The number of unbranched alkanes of at least 4 members (excludes halogenated alkanes) is 5. The molecule has 0 aliphatic heterocycles. The van der Waals surface area contributed by atoms with Crippen molar-refractivity contribution in [2.75, 3.05) is 0 Å². The van der Waals surface area contributed by atoms with Gasteiger partial charge < -0.3 is 10.4 Å². The van der Waals surface area contributed by atoms with E-state index in [9.17, 15) is 9.59 Å². The van der Waals surface area contributed by atoms with E-state index in [1.165, 1.54) is 44.1 Å². The van der Waals surface area contributed by atoms with Gasteiger partial charge in [0.25, 0.3) is 0 Å². The third-order valence-corrected chi connectivity index (χ3v) is 4.46. The highest BCUT2D eigenvalue weighted by Gasteiger charge is 2.20. The van der Waals surface area contributed by atoms with Crippen LogP contribution in [0.2, 0.25) is 0 Å². The number of carboxylic acids is 1. The lowest BCUT2D eigenvalue weighted by Crippen LogP contribution is -2.50. The van der Waals surface area contributed by atoms with Crippen LogP contribution >= 0.6 is 0 Å². The Balaban J connectivity index is 2.38. The van der Waals surface area contributed by atoms with Crippen LogP contribution in [-0.4, -0.2) is 28.2 Å². The minimum atomic E-state index is -1.06. The molecule has 0 aliphatic carbocycles. The van der Waals surface area contributed by atoms with Crippen molar-refractivity contribution in [2.24, 2.45) is 5.84 Å². The zero-order valence-corrected chi connectivity index (χ0v) is 16.0. The molecular formula is C20H33N3O3. The zero-order valence-electron chi connectivity index (χ0n) is 16.0. The Morgan fingerprint density at radius 1 is 1.04 bits per heavy atom. The van der Waals surface area contributed by atoms with E-state index in [4.69, 9.17) is 10.9 Å². The van der Waals surface area contributed by atoms with Gasteiger partial charge in [-0.2, -0.15) is 0 Å². The summed E-state index contributed by atoms with van der Waals surface area (Å²) in [5, 5.41) is 12.4. The number of hydrogen-bond donors (Lipinski definition) is 3. The number of carboxylic acid groups (broad SMARTS) is 1. The van der Waals surface area contributed by atoms with Gasteiger partial charge in [-0.05, 0) is 30.4 Å². The van der Waals surface area contributed by atoms with Gasteiger partial charge in [-0.1, -0.05) is 70.2 Å². The monoisotopic (exact) mass is 363 g/mol. The largest absolute Gasteiger partial charge is 0.480 e. The van der Waals surface area contributed by atoms with Crippen LogP contribution in [0.4, 0.5) is 4.79 Å². The van der Waals surface area contributed by atoms with Crippen LogP contribution < -0.4 is 11.2 Å². The number of nitrogens with one attached hydrogen (secondary N) is 1. The number of urea groups is 1. The van der Waals surface area contributed by atoms with Gasteiger partial charge in [-0.15, -0.1) is 0 Å². The lowest BCUT2D eigenvalue weighted by molar-refractivity contribution is -0.139. The number of carbonyl (C=O) groups is 2. The number of nitrogens with two attached hydrogens (primary N) is 1. The molecule has 0 aromatic heterocycles. The minimum Gasteiger partial charge on any atom is -0.480 e. The molecule has 6 nitrogen and oxygen atoms in total. The number of rotatable bonds is 12. The van der Waals surface area contributed by atoms with Crippen LogP contribution in [0, 0.1) is 0 Å². The molecule has 0 bridgehead atoms. The predicted molar refractivity (Wildman–Crippen MR) is 103 cm³/mol. The van der Waals surface area contributed by atoms with Gasteiger partial charge >= 0.3 is 12.0 Å². The second kappa shape index (κ2) is 12.3. The van der Waals surface area contributed by atoms with Crippen LogP contribution in [0.5, 0.6) is 0 Å². The maximum Gasteiger partial charge on any atom is 0.332 e. The van der Waals surface area contributed by atoms with Crippen LogP contribution in [0.1, 0.15) is 69.9 Å². The van der Waals surface area contributed by atoms with Gasteiger partial charge in [0.2, 0.25) is 0 Å². The third kappa shape index (κ3) is 8.34. The third-order valence-electron chi connectivity index (χ3n) is 4.46. The van der Waals surface area contributed by atoms with Crippen molar-refractivity contribution >= 4 is 12.0 Å². The van der Waals surface area contributed by atoms with Crippen molar-refractivity contribution in [3.63, 3.8) is 0 Å². The van der Waals surface area contributed by atoms with Gasteiger partial charge in [0, 0.05) is 0 Å². The van der Waals surface area contributed by atoms with Gasteiger partial charge in [-0.3, -0.25) is 5.01 Å². The van der Waals surface area contributed by atoms with E-state index < -0.39 is 18.0 Å². The van der Waals surface area contributed by atoms with Gasteiger partial charge in [-0.25, -0.2) is 15.4 Å². The van der Waals surface area contributed by atoms with Gasteiger partial charge in [0.15, 0.2) is 0 Å². The quantitative estimate of drug-likeness (QED) is 0.227. The standard InChI is InChI=1S/C20H33N3O3/c1-3-5-6-7-8-9-10-16-11-13-17(14-12-16)15-23(21)20(26)22-18(4-2)19(24)25/h11-14,18H,3-10,15,21H2,1-2H3,(H,22,26)(H,24,25). The minimum absolute atomic E-state index is 0.235. The Hall–Kier alpha value is -2.08. The predicted octanol–water partition coefficient (Wildman–Crippen LogP) is 3.84. The smallest absolute Gasteiger partial charge is 0.332 e. The summed E-state index contributed by atoms with van der Waals surface area (Å²) in [6.45, 7) is 4.16. The summed E-state index contributed by atoms with van der Waals surface area (Å²) in [5.74, 6) is 4.70. The molecule has 146 valence electrons. The Morgan fingerprint density at radius 3 is 2.19 bits per heavy atom. The molecule has 0 saturated heterocycles. The van der Waals surface area contributed by atoms with Crippen LogP contribution in [0.3, 0.4) is 0 Å². The number of carbonyl (C=O) groups excluding carboxylic acids is 1. The molecule has 1 aromatic carbocycles. The Labute approximate surface area is 156 Å². The van der Waals surface area contributed by atoms with E-state index in [1.54, 1.807) is 6.92 Å². The molecule has 0 saturated carbocycles. The lowest BCUT2D eigenvalue weighted by atomic mass is 10.0. The summed E-state index contributed by atoms with van der Waals surface area (Å²) in [6, 6.07) is 6.56. The fourth-order valence-electron chi connectivity index (χ4n) is 2.76. The Morgan fingerprint density at radius 2 is 1.62 bits per heavy atom. The van der Waals surface area contributed by atoms with E-state index in [1.807, 2.05) is 12.1 Å². The average molecular weight is 364 g/mol. The van der Waals surface area contributed by atoms with Gasteiger partial charge in [0.1, 0.15) is 6.04 Å². The first-order valence-electron chi connectivity index (χ1n) is 9.61. The first-order valence-corrected chi connectivity index (χ1v) is 9.61. The highest BCUT2D eigenvalue weighted by molar-refractivity contribution is 5.82. The fourth-order valence-corrected chi connectivity index (χ4v) is 2.76. The maximum atomic E-state index is 12.0. The number of benzene rings is 1. The molecule has 1 unspecified atom stereocenters. The Bertz CT molecular complexity index is 546. The molecule has 1 rings (SSSR count). The number of hydrazine groups is 1. The highest BCUT2D eigenvalue weighted by atomic mass is 16.4. The van der Waals surface area contributed by atoms with E-state index in [2.05, 4.69) is 24.4 Å². The number of hydrogen-bond acceptors (Lipinski definition) is 3. The highest BCUT2D eigenvalue weighted by Crippen LogP contribution is 2.12. The van der Waals surface area contributed by atoms with Crippen molar-refractivity contribution in [1.82, 2.24) is 10.3 Å². The molecule has 0 aliphatic rings. The second-order valence-electron chi connectivity index (χ2n) is 6.71. The summed E-state index contributed by atoms with van der Waals surface area (Å²) < 4.78 is 0. The first kappa shape index (κ1) is 22.0. The van der Waals surface area contributed by atoms with E-state index in [0.29, 0.717) is 6.42 Å². The van der Waals surface area contributed by atoms with Crippen LogP contribution in [0.25, 0.3) is 0 Å². The second-order valence-corrected chi connectivity index (χ2v) is 6.71. The van der Waals surface area contributed by atoms with E-state index in [0.717, 1.165) is 17.0 Å². The first-order chi connectivity index (χ1) is 12.5. The van der Waals surface area contributed by atoms with E-state index >= 15 is 0 Å². The molecule has 0 spiro atoms. The molecule has 1 aromatic rings. The number of aryl methyl sites for hydroxylation is 1. The number of amides is 2. The average Bonchev–Trinajstić information content (AvgIpc) is 2.63. The van der Waals surface area contributed by atoms with Crippen molar-refractivity contribution in [1.29, 1.82) is 0 Å². The molecule has 2 amide bonds. The van der Waals surface area contributed by atoms with Crippen molar-refractivity contribution < 1.29 is 14.7 Å². The molecule has 26 heavy (non-hydrogen) atoms. The van der Waals surface area contributed by atoms with E-state index in [-0.39, 0.29) is 6.54 Å². The molecule has 0 radical (unpaired) electrons. The SMILES string of the molecule is CCCCCCCCc1ccc(CN(N)C(=O)NC(CC)C(=O)O)cc1. The maximum absolute atomic E-state index is 12.0. The van der Waals surface area contributed by atoms with Crippen molar-refractivity contribution in [3.8, 4) is 0 Å². The fraction of sp³-hybridized carbons (Fsp3) is 0.600. The summed E-state index contributed by atoms with van der Waals surface area (Å²) >= 11 is 0. The molecule has 0 fully saturated rings. The summed E-state index contributed by atoms with van der Waals surface area (Å²) in [5.41, 5.74) is 2.20. The van der Waals surface area contributed by atoms with Crippen LogP contribution in [-0.2, 0) is 17.8 Å². The van der Waals surface area contributed by atoms with Crippen molar-refractivity contribution in [3.05, 3.63) is 35.4 Å². The van der Waals surface area contributed by atoms with Crippen molar-refractivity contribution in [2.45, 2.75) is 77.8 Å². The number of aliphatic carboxylic acids is 1. The molecular weight excluding hydrogens is 330 g/mol. The number of nitrogens with zero attached hydrogens (tertiary/aromatic N) is 1. The lowest BCUT2D eigenvalue weighted by Gasteiger charge is -2.20. The molecule has 6 heteroatoms. The topological polar surface area (TPSA) is 95.7 Å². The Kier molecular flexibility index (Phi) is 10.4. The van der Waals surface area contributed by atoms with Gasteiger partial charge in [0.05, 0.1) is 6.54 Å². The zero-order chi connectivity index (χ0) is 19.4.